The van der Waals surface area contributed by atoms with Gasteiger partial charge in [-0.1, -0.05) is 0 Å². The minimum Gasteiger partial charge on any atom is -0.497 e. The summed E-state index contributed by atoms with van der Waals surface area (Å²) in [5.41, 5.74) is 1.71. The second-order valence-electron chi connectivity index (χ2n) is 6.29. The van der Waals surface area contributed by atoms with Gasteiger partial charge in [-0.2, -0.15) is 0 Å². The highest BCUT2D eigenvalue weighted by molar-refractivity contribution is 5.91. The molecular formula is C23H22O6. The normalized spacial score (nSPS) is 11.4. The number of carbonyl (C=O) groups excluding carboxylic acids is 1. The quantitative estimate of drug-likeness (QED) is 0.366. The van der Waals surface area contributed by atoms with Crippen LogP contribution >= 0.6 is 0 Å². The van der Waals surface area contributed by atoms with Crippen molar-refractivity contribution in [3.63, 3.8) is 0 Å². The molecule has 1 unspecified atom stereocenters. The fourth-order valence-electron chi connectivity index (χ4n) is 2.66. The summed E-state index contributed by atoms with van der Waals surface area (Å²) in [7, 11) is 3.14. The molecule has 150 valence electrons. The first-order valence-corrected chi connectivity index (χ1v) is 8.95. The molecule has 0 heterocycles. The third-order valence-corrected chi connectivity index (χ3v) is 4.32. The van der Waals surface area contributed by atoms with Crippen molar-refractivity contribution in [2.75, 3.05) is 14.2 Å². The van der Waals surface area contributed by atoms with E-state index in [1.54, 1.807) is 87.9 Å². The van der Waals surface area contributed by atoms with Crippen LogP contribution in [0.15, 0.2) is 66.7 Å². The summed E-state index contributed by atoms with van der Waals surface area (Å²) in [6, 6.07) is 18.6. The molecule has 6 heteroatoms. The average molecular weight is 394 g/mol. The minimum atomic E-state index is -1.13. The first kappa shape index (κ1) is 20.2. The summed E-state index contributed by atoms with van der Waals surface area (Å²) in [6.07, 6.45) is -1.13. The summed E-state index contributed by atoms with van der Waals surface area (Å²) < 4.78 is 21.2. The third kappa shape index (κ3) is 5.06. The molecule has 0 saturated heterocycles. The molecule has 0 aliphatic heterocycles. The molecular weight excluding hydrogens is 372 g/mol. The van der Waals surface area contributed by atoms with Gasteiger partial charge in [0.1, 0.15) is 23.0 Å². The van der Waals surface area contributed by atoms with Crippen molar-refractivity contribution < 1.29 is 28.8 Å². The Balaban J connectivity index is 1.66. The third-order valence-electron chi connectivity index (χ3n) is 4.32. The van der Waals surface area contributed by atoms with Gasteiger partial charge < -0.3 is 24.1 Å². The molecule has 0 bridgehead atoms. The lowest BCUT2D eigenvalue weighted by Gasteiger charge is -2.15. The Kier molecular flexibility index (Phi) is 6.36. The minimum absolute atomic E-state index is 0.414. The van der Waals surface area contributed by atoms with Gasteiger partial charge >= 0.3 is 5.97 Å². The fraction of sp³-hybridized carbons (Fsp3) is 0.174. The molecule has 0 aliphatic carbocycles. The first-order chi connectivity index (χ1) is 14.0. The summed E-state index contributed by atoms with van der Waals surface area (Å²) >= 11 is 0. The summed E-state index contributed by atoms with van der Waals surface area (Å²) in [6.45, 7) is 1.79. The number of benzene rings is 3. The molecule has 3 aromatic carbocycles. The molecule has 0 fully saturated rings. The van der Waals surface area contributed by atoms with E-state index in [2.05, 4.69) is 0 Å². The number of esters is 1. The number of hydrogen-bond donors (Lipinski definition) is 1. The predicted molar refractivity (Wildman–Crippen MR) is 108 cm³/mol. The molecule has 0 aromatic heterocycles. The van der Waals surface area contributed by atoms with Crippen molar-refractivity contribution in [2.24, 2.45) is 0 Å². The number of ether oxygens (including phenoxy) is 4. The number of aryl methyl sites for hydroxylation is 1. The number of rotatable bonds is 7. The van der Waals surface area contributed by atoms with E-state index in [1.165, 1.54) is 0 Å². The summed E-state index contributed by atoms with van der Waals surface area (Å²) in [4.78, 5) is 12.3. The zero-order valence-electron chi connectivity index (χ0n) is 16.4. The second-order valence-corrected chi connectivity index (χ2v) is 6.29. The second kappa shape index (κ2) is 9.12. The number of hydrogen-bond acceptors (Lipinski definition) is 6. The SMILES string of the molecule is COc1ccc(C(=O)Oc2ccc(OC(O)c3ccc(OC)cc3)cc2C)cc1. The number of carbonyl (C=O) groups is 1. The van der Waals surface area contributed by atoms with Gasteiger partial charge in [-0.25, -0.2) is 4.79 Å². The smallest absolute Gasteiger partial charge is 0.343 e. The van der Waals surface area contributed by atoms with Crippen LogP contribution in [0.3, 0.4) is 0 Å². The van der Waals surface area contributed by atoms with Crippen molar-refractivity contribution in [3.05, 3.63) is 83.4 Å². The number of methoxy groups -OCH3 is 2. The van der Waals surface area contributed by atoms with Crippen molar-refractivity contribution in [1.82, 2.24) is 0 Å². The maximum atomic E-state index is 12.3. The molecule has 29 heavy (non-hydrogen) atoms. The summed E-state index contributed by atoms with van der Waals surface area (Å²) in [5, 5.41) is 10.3. The van der Waals surface area contributed by atoms with Crippen LogP contribution in [0, 0.1) is 6.92 Å². The van der Waals surface area contributed by atoms with Gasteiger partial charge in [-0.3, -0.25) is 0 Å². The largest absolute Gasteiger partial charge is 0.497 e. The van der Waals surface area contributed by atoms with Gasteiger partial charge in [0.05, 0.1) is 19.8 Å². The summed E-state index contributed by atoms with van der Waals surface area (Å²) in [5.74, 6) is 1.75. The Morgan fingerprint density at radius 2 is 1.38 bits per heavy atom. The lowest BCUT2D eigenvalue weighted by atomic mass is 10.2. The Hall–Kier alpha value is -3.51. The monoisotopic (exact) mass is 394 g/mol. The van der Waals surface area contributed by atoms with Crippen LogP contribution in [0.1, 0.15) is 27.8 Å². The van der Waals surface area contributed by atoms with E-state index in [1.807, 2.05) is 0 Å². The molecule has 0 spiro atoms. The standard InChI is InChI=1S/C23H22O6/c1-15-14-20(28-22(24)16-4-8-18(26-2)9-5-16)12-13-21(15)29-23(25)17-6-10-19(27-3)11-7-17/h4-14,22,24H,1-3H3. The fourth-order valence-corrected chi connectivity index (χ4v) is 2.66. The Bertz CT molecular complexity index is 964. The molecule has 3 aromatic rings. The topological polar surface area (TPSA) is 74.2 Å². The van der Waals surface area contributed by atoms with E-state index in [-0.39, 0.29) is 0 Å². The van der Waals surface area contributed by atoms with E-state index in [4.69, 9.17) is 18.9 Å². The van der Waals surface area contributed by atoms with Gasteiger partial charge in [-0.15, -0.1) is 0 Å². The van der Waals surface area contributed by atoms with Crippen LogP contribution in [0.25, 0.3) is 0 Å². The van der Waals surface area contributed by atoms with Crippen LogP contribution in [0.4, 0.5) is 0 Å². The Labute approximate surface area is 169 Å². The zero-order chi connectivity index (χ0) is 20.8. The highest BCUT2D eigenvalue weighted by Crippen LogP contribution is 2.28. The highest BCUT2D eigenvalue weighted by Gasteiger charge is 2.13. The van der Waals surface area contributed by atoms with Crippen LogP contribution in [-0.2, 0) is 0 Å². The van der Waals surface area contributed by atoms with Crippen LogP contribution in [-0.4, -0.2) is 25.3 Å². The van der Waals surface area contributed by atoms with E-state index in [0.29, 0.717) is 39.7 Å². The predicted octanol–water partition coefficient (Wildman–Crippen LogP) is 4.30. The van der Waals surface area contributed by atoms with E-state index in [0.717, 1.165) is 0 Å². The first-order valence-electron chi connectivity index (χ1n) is 8.95. The van der Waals surface area contributed by atoms with Gasteiger partial charge in [0.2, 0.25) is 6.29 Å². The van der Waals surface area contributed by atoms with Gasteiger partial charge in [0.25, 0.3) is 0 Å². The maximum absolute atomic E-state index is 12.3. The van der Waals surface area contributed by atoms with E-state index >= 15 is 0 Å². The van der Waals surface area contributed by atoms with Gasteiger partial charge in [0.15, 0.2) is 0 Å². The van der Waals surface area contributed by atoms with Crippen molar-refractivity contribution in [2.45, 2.75) is 13.2 Å². The average Bonchev–Trinajstić information content (AvgIpc) is 2.75. The van der Waals surface area contributed by atoms with Crippen LogP contribution < -0.4 is 18.9 Å². The van der Waals surface area contributed by atoms with E-state index < -0.39 is 12.3 Å². The number of aliphatic hydroxyl groups excluding tert-OH is 1. The van der Waals surface area contributed by atoms with Crippen LogP contribution in [0.5, 0.6) is 23.0 Å². The molecule has 0 saturated carbocycles. The molecule has 0 radical (unpaired) electrons. The van der Waals surface area contributed by atoms with Gasteiger partial charge in [-0.05, 0) is 79.2 Å². The molecule has 0 aliphatic rings. The van der Waals surface area contributed by atoms with Crippen molar-refractivity contribution >= 4 is 5.97 Å². The highest BCUT2D eigenvalue weighted by atomic mass is 16.6. The molecule has 1 N–H and O–H groups in total. The maximum Gasteiger partial charge on any atom is 0.343 e. The molecule has 0 amide bonds. The van der Waals surface area contributed by atoms with Crippen molar-refractivity contribution in [3.8, 4) is 23.0 Å². The van der Waals surface area contributed by atoms with Gasteiger partial charge in [0, 0.05) is 5.56 Å². The molecule has 3 rings (SSSR count). The zero-order valence-corrected chi connectivity index (χ0v) is 16.4. The lowest BCUT2D eigenvalue weighted by molar-refractivity contribution is -0.0195. The molecule has 1 atom stereocenters. The number of aliphatic hydroxyl groups is 1. The van der Waals surface area contributed by atoms with Crippen LogP contribution in [0.2, 0.25) is 0 Å². The lowest BCUT2D eigenvalue weighted by Crippen LogP contribution is -2.10. The van der Waals surface area contributed by atoms with Crippen molar-refractivity contribution in [1.29, 1.82) is 0 Å². The van der Waals surface area contributed by atoms with E-state index in [9.17, 15) is 9.90 Å². The Morgan fingerprint density at radius 3 is 1.93 bits per heavy atom. The molecule has 6 nitrogen and oxygen atoms in total. The Morgan fingerprint density at radius 1 is 0.828 bits per heavy atom.